The van der Waals surface area contributed by atoms with Gasteiger partial charge in [0.2, 0.25) is 5.75 Å². The highest BCUT2D eigenvalue weighted by Gasteiger charge is 2.31. The van der Waals surface area contributed by atoms with Gasteiger partial charge in [-0.15, -0.1) is 0 Å². The predicted octanol–water partition coefficient (Wildman–Crippen LogP) is 2.63. The van der Waals surface area contributed by atoms with E-state index in [0.717, 1.165) is 0 Å². The van der Waals surface area contributed by atoms with Crippen LogP contribution >= 0.6 is 0 Å². The zero-order valence-electron chi connectivity index (χ0n) is 19.1. The number of nitrogens with one attached hydrogen (secondary N) is 1. The number of nitrogens with zero attached hydrogens (tertiary/aromatic N) is 6. The first-order valence-corrected chi connectivity index (χ1v) is 10.6. The summed E-state index contributed by atoms with van der Waals surface area (Å²) in [6.45, 7) is 3.57. The molecule has 11 heteroatoms. The summed E-state index contributed by atoms with van der Waals surface area (Å²) in [4.78, 5) is 38.8. The van der Waals surface area contributed by atoms with Gasteiger partial charge in [-0.1, -0.05) is 30.3 Å². The molecule has 11 nitrogen and oxygen atoms in total. The van der Waals surface area contributed by atoms with Crippen molar-refractivity contribution in [1.82, 2.24) is 24.7 Å². The van der Waals surface area contributed by atoms with Crippen LogP contribution < -0.4 is 10.9 Å². The lowest BCUT2D eigenvalue weighted by Gasteiger charge is -2.26. The Morgan fingerprint density at radius 3 is 2.71 bits per heavy atom. The Morgan fingerprint density at radius 1 is 1.26 bits per heavy atom. The molecule has 0 saturated heterocycles. The van der Waals surface area contributed by atoms with Crippen molar-refractivity contribution in [2.24, 2.45) is 7.05 Å². The normalized spacial score (nSPS) is 12.5. The number of rotatable bonds is 6. The minimum Gasteiger partial charge on any atom is -0.501 e. The number of carbonyl (C=O) groups is 1. The van der Waals surface area contributed by atoms with Crippen molar-refractivity contribution in [3.63, 3.8) is 0 Å². The van der Waals surface area contributed by atoms with E-state index in [2.05, 4.69) is 31.5 Å². The van der Waals surface area contributed by atoms with Gasteiger partial charge in [-0.25, -0.2) is 15.0 Å². The van der Waals surface area contributed by atoms with Gasteiger partial charge in [0.15, 0.2) is 5.69 Å². The summed E-state index contributed by atoms with van der Waals surface area (Å²) < 4.78 is 5.88. The smallest absolute Gasteiger partial charge is 0.296 e. The first-order chi connectivity index (χ1) is 16.8. The van der Waals surface area contributed by atoms with Crippen LogP contribution in [-0.2, 0) is 7.05 Å². The molecule has 0 radical (unpaired) electrons. The van der Waals surface area contributed by atoms with Gasteiger partial charge >= 0.3 is 0 Å². The van der Waals surface area contributed by atoms with E-state index in [1.165, 1.54) is 24.1 Å². The van der Waals surface area contributed by atoms with E-state index < -0.39 is 34.7 Å². The Hall–Kier alpha value is -4.85. The third-order valence-electron chi connectivity index (χ3n) is 5.65. The lowest BCUT2D eigenvalue weighted by molar-refractivity contribution is 0.101. The maximum atomic E-state index is 12.9. The van der Waals surface area contributed by atoms with Crippen LogP contribution in [0.3, 0.4) is 0 Å². The Balaban J connectivity index is 1.87. The monoisotopic (exact) mass is 471 g/mol. The molecule has 0 aliphatic carbocycles. The molecule has 0 spiro atoms. The minimum absolute atomic E-state index is 0.220. The molecule has 1 aromatic carbocycles. The molecule has 35 heavy (non-hydrogen) atoms. The molecule has 0 bridgehead atoms. The van der Waals surface area contributed by atoms with Crippen LogP contribution in [0.4, 0.5) is 5.69 Å². The van der Waals surface area contributed by atoms with Crippen LogP contribution in [0.5, 0.6) is 5.75 Å². The minimum atomic E-state index is -0.802. The van der Waals surface area contributed by atoms with E-state index >= 15 is 0 Å². The summed E-state index contributed by atoms with van der Waals surface area (Å²) in [5.41, 5.74) is 0.744. The van der Waals surface area contributed by atoms with Gasteiger partial charge in [-0.3, -0.25) is 14.2 Å². The number of nitriles is 1. The fourth-order valence-electron chi connectivity index (χ4n) is 3.98. The molecule has 0 aliphatic rings. The number of amides is 1. The van der Waals surface area contributed by atoms with E-state index in [4.69, 9.17) is 4.52 Å². The Bertz CT molecular complexity index is 1490. The Kier molecular flexibility index (Phi) is 6.37. The van der Waals surface area contributed by atoms with Crippen LogP contribution in [0.2, 0.25) is 0 Å². The molecule has 2 N–H and O–H groups in total. The molecule has 0 aliphatic heterocycles. The lowest BCUT2D eigenvalue weighted by atomic mass is 9.81. The zero-order chi connectivity index (χ0) is 25.1. The van der Waals surface area contributed by atoms with Crippen molar-refractivity contribution < 1.29 is 14.4 Å². The number of benzene rings is 1. The predicted molar refractivity (Wildman–Crippen MR) is 124 cm³/mol. The van der Waals surface area contributed by atoms with E-state index in [9.17, 15) is 20.0 Å². The fraction of sp³-hybridized carbons (Fsp3) is 0.208. The quantitative estimate of drug-likeness (QED) is 0.431. The second-order valence-electron chi connectivity index (χ2n) is 7.89. The third-order valence-corrected chi connectivity index (χ3v) is 5.65. The van der Waals surface area contributed by atoms with Gasteiger partial charge in [0.25, 0.3) is 11.5 Å². The first-order valence-electron chi connectivity index (χ1n) is 10.6. The molecule has 3 aromatic heterocycles. The highest BCUT2D eigenvalue weighted by Crippen LogP contribution is 2.38. The first kappa shape index (κ1) is 23.3. The molecular formula is C24H21N7O4. The molecule has 3 heterocycles. The SMILES string of the molecule is Cc1nccc([C@@H](c2ccccc2C#N)[C@H](C)c2nc(C(=O)Nc3cnoc3)c(O)c(=O)n2C)n1. The largest absolute Gasteiger partial charge is 0.501 e. The number of hydrogen-bond acceptors (Lipinski definition) is 9. The number of aryl methyl sites for hydroxylation is 1. The number of hydrogen-bond donors (Lipinski definition) is 2. The molecule has 1 amide bonds. The highest BCUT2D eigenvalue weighted by molar-refractivity contribution is 6.04. The molecule has 4 aromatic rings. The summed E-state index contributed by atoms with van der Waals surface area (Å²) >= 11 is 0. The van der Waals surface area contributed by atoms with Gasteiger partial charge in [-0.05, 0) is 24.6 Å². The Morgan fingerprint density at radius 2 is 2.03 bits per heavy atom. The standard InChI is InChI=1S/C24H21N7O4/c1-13(19(18-8-9-26-14(2)28-18)17-7-5-4-6-15(17)10-25)22-30-20(21(32)24(34)31(22)3)23(33)29-16-11-27-35-12-16/h4-9,11-13,19,32H,1-3H3,(H,29,33)/t13-,19+/m0/s1. The van der Waals surface area contributed by atoms with E-state index in [-0.39, 0.29) is 11.5 Å². The second kappa shape index (κ2) is 9.56. The summed E-state index contributed by atoms with van der Waals surface area (Å²) in [6.07, 6.45) is 4.09. The summed E-state index contributed by atoms with van der Waals surface area (Å²) in [7, 11) is 1.46. The maximum absolute atomic E-state index is 12.9. The van der Waals surface area contributed by atoms with Gasteiger partial charge in [0.05, 0.1) is 23.5 Å². The molecule has 176 valence electrons. The van der Waals surface area contributed by atoms with Crippen LogP contribution in [0.1, 0.15) is 57.7 Å². The fourth-order valence-corrected chi connectivity index (χ4v) is 3.98. The van der Waals surface area contributed by atoms with Crippen molar-refractivity contribution in [3.05, 3.63) is 93.5 Å². The topological polar surface area (TPSA) is 160 Å². The maximum Gasteiger partial charge on any atom is 0.296 e. The molecule has 2 atom stereocenters. The van der Waals surface area contributed by atoms with Crippen molar-refractivity contribution in [1.29, 1.82) is 5.26 Å². The summed E-state index contributed by atoms with van der Waals surface area (Å²) in [5, 5.41) is 26.1. The molecular weight excluding hydrogens is 450 g/mol. The van der Waals surface area contributed by atoms with Crippen LogP contribution in [-0.4, -0.2) is 35.7 Å². The van der Waals surface area contributed by atoms with Gasteiger partial charge in [-0.2, -0.15) is 5.26 Å². The number of anilines is 1. The summed E-state index contributed by atoms with van der Waals surface area (Å²) in [6, 6.07) is 11.0. The average Bonchev–Trinajstić information content (AvgIpc) is 3.36. The lowest BCUT2D eigenvalue weighted by Crippen LogP contribution is -2.29. The van der Waals surface area contributed by atoms with Crippen LogP contribution in [0.15, 0.2) is 58.3 Å². The Labute approximate surface area is 199 Å². The molecule has 4 rings (SSSR count). The van der Waals surface area contributed by atoms with Crippen molar-refractivity contribution in [2.45, 2.75) is 25.7 Å². The van der Waals surface area contributed by atoms with Gasteiger partial charge in [0, 0.05) is 25.1 Å². The molecule has 0 saturated carbocycles. The second-order valence-corrected chi connectivity index (χ2v) is 7.89. The summed E-state index contributed by atoms with van der Waals surface area (Å²) in [5.74, 6) is -1.89. The van der Waals surface area contributed by atoms with Crippen molar-refractivity contribution in [3.8, 4) is 11.8 Å². The zero-order valence-corrected chi connectivity index (χ0v) is 19.1. The molecule has 0 fully saturated rings. The van der Waals surface area contributed by atoms with E-state index in [1.807, 2.05) is 19.1 Å². The highest BCUT2D eigenvalue weighted by atomic mass is 16.5. The van der Waals surface area contributed by atoms with Gasteiger partial charge in [0.1, 0.15) is 23.6 Å². The molecule has 0 unspecified atom stereocenters. The van der Waals surface area contributed by atoms with Crippen molar-refractivity contribution in [2.75, 3.05) is 5.32 Å². The van der Waals surface area contributed by atoms with E-state index in [1.54, 1.807) is 31.3 Å². The number of aromatic hydroxyl groups is 1. The average molecular weight is 471 g/mol. The van der Waals surface area contributed by atoms with E-state index in [0.29, 0.717) is 22.6 Å². The van der Waals surface area contributed by atoms with Gasteiger partial charge < -0.3 is 14.9 Å². The number of aromatic nitrogens is 5. The van der Waals surface area contributed by atoms with Crippen molar-refractivity contribution >= 4 is 11.6 Å². The van der Waals surface area contributed by atoms with Crippen LogP contribution in [0, 0.1) is 18.3 Å². The van der Waals surface area contributed by atoms with Crippen LogP contribution in [0.25, 0.3) is 0 Å². The number of carbonyl (C=O) groups excluding carboxylic acids is 1. The third kappa shape index (κ3) is 4.49.